The molecule has 0 aliphatic carbocycles. The summed E-state index contributed by atoms with van der Waals surface area (Å²) < 4.78 is 10.5. The van der Waals surface area contributed by atoms with Crippen molar-refractivity contribution in [2.75, 3.05) is 5.73 Å². The Labute approximate surface area is 113 Å². The first-order chi connectivity index (χ1) is 9.65. The highest BCUT2D eigenvalue weighted by atomic mass is 16.5. The highest BCUT2D eigenvalue weighted by Crippen LogP contribution is 2.30. The second kappa shape index (κ2) is 4.48. The van der Waals surface area contributed by atoms with E-state index in [1.54, 1.807) is 30.3 Å². The van der Waals surface area contributed by atoms with Crippen molar-refractivity contribution in [2.45, 2.75) is 0 Å². The topological polar surface area (TPSA) is 105 Å². The average molecular weight is 267 g/mol. The number of aromatic amines is 1. The van der Waals surface area contributed by atoms with Crippen LogP contribution < -0.4 is 16.2 Å². The Hall–Kier alpha value is -3.20. The van der Waals surface area contributed by atoms with E-state index in [4.69, 9.17) is 20.1 Å². The molecule has 0 fully saturated rings. The van der Waals surface area contributed by atoms with Crippen LogP contribution in [0.25, 0.3) is 11.1 Å². The first-order valence-electron chi connectivity index (χ1n) is 5.76. The summed E-state index contributed by atoms with van der Waals surface area (Å²) in [4.78, 5) is 13.6. The highest BCUT2D eigenvalue weighted by Gasteiger charge is 2.08. The molecule has 0 saturated carbocycles. The fourth-order valence-corrected chi connectivity index (χ4v) is 1.81. The molecule has 20 heavy (non-hydrogen) atoms. The maximum absolute atomic E-state index is 11.1. The zero-order chi connectivity index (χ0) is 14.1. The number of anilines is 1. The zero-order valence-corrected chi connectivity index (χ0v) is 10.2. The van der Waals surface area contributed by atoms with Crippen LogP contribution in [0.4, 0.5) is 5.69 Å². The van der Waals surface area contributed by atoms with E-state index in [1.807, 2.05) is 6.07 Å². The number of ether oxygens (including phenoxy) is 1. The summed E-state index contributed by atoms with van der Waals surface area (Å²) in [6.45, 7) is 0. The summed E-state index contributed by atoms with van der Waals surface area (Å²) >= 11 is 0. The largest absolute Gasteiger partial charge is 0.455 e. The average Bonchev–Trinajstić information content (AvgIpc) is 2.79. The predicted octanol–water partition coefficient (Wildman–Crippen LogP) is 2.37. The van der Waals surface area contributed by atoms with Gasteiger partial charge in [-0.25, -0.2) is 4.79 Å². The van der Waals surface area contributed by atoms with Gasteiger partial charge in [0.25, 0.3) is 0 Å². The number of nitrogens with two attached hydrogens (primary N) is 1. The Bertz CT molecular complexity index is 869. The van der Waals surface area contributed by atoms with Crippen LogP contribution >= 0.6 is 0 Å². The number of rotatable bonds is 2. The molecule has 0 aliphatic heterocycles. The minimum absolute atomic E-state index is 0.351. The van der Waals surface area contributed by atoms with E-state index in [0.717, 1.165) is 0 Å². The molecular weight excluding hydrogens is 258 g/mol. The lowest BCUT2D eigenvalue weighted by atomic mass is 10.2. The normalized spacial score (nSPS) is 10.3. The van der Waals surface area contributed by atoms with Crippen molar-refractivity contribution >= 4 is 16.8 Å². The smallest absolute Gasteiger partial charge is 0.417 e. The van der Waals surface area contributed by atoms with Crippen LogP contribution in [0, 0.1) is 11.3 Å². The summed E-state index contributed by atoms with van der Waals surface area (Å²) in [7, 11) is 0. The molecule has 0 aliphatic rings. The minimum Gasteiger partial charge on any atom is -0.455 e. The molecule has 6 nitrogen and oxygen atoms in total. The summed E-state index contributed by atoms with van der Waals surface area (Å²) in [5, 5.41) is 8.73. The van der Waals surface area contributed by atoms with Gasteiger partial charge in [0, 0.05) is 12.1 Å². The molecule has 3 N–H and O–H groups in total. The monoisotopic (exact) mass is 267 g/mol. The molecule has 0 radical (unpaired) electrons. The number of benzene rings is 2. The lowest BCUT2D eigenvalue weighted by Crippen LogP contribution is -1.93. The highest BCUT2D eigenvalue weighted by molar-refractivity contribution is 5.80. The molecule has 98 valence electrons. The van der Waals surface area contributed by atoms with Crippen molar-refractivity contribution in [1.29, 1.82) is 5.26 Å². The van der Waals surface area contributed by atoms with Crippen LogP contribution in [0.1, 0.15) is 5.56 Å². The molecule has 2 aromatic carbocycles. The molecule has 6 heteroatoms. The number of nitriles is 1. The Morgan fingerprint density at radius 2 is 2.00 bits per heavy atom. The number of oxazole rings is 1. The maximum Gasteiger partial charge on any atom is 0.417 e. The Morgan fingerprint density at radius 3 is 2.70 bits per heavy atom. The van der Waals surface area contributed by atoms with Gasteiger partial charge < -0.3 is 14.9 Å². The Balaban J connectivity index is 1.98. The number of H-pyrrole nitrogens is 1. The van der Waals surface area contributed by atoms with Crippen LogP contribution in [0.15, 0.2) is 45.6 Å². The lowest BCUT2D eigenvalue weighted by Gasteiger charge is -2.08. The number of aromatic nitrogens is 1. The van der Waals surface area contributed by atoms with E-state index in [-0.39, 0.29) is 0 Å². The van der Waals surface area contributed by atoms with Gasteiger partial charge in [0.1, 0.15) is 5.75 Å². The fraction of sp³-hybridized carbons (Fsp3) is 0. The van der Waals surface area contributed by atoms with Crippen LogP contribution in [0.2, 0.25) is 0 Å². The SMILES string of the molecule is N#Cc1ccc(Oc2cc3[nH]c(=O)oc3cc2N)cc1. The van der Waals surface area contributed by atoms with Crippen molar-refractivity contribution in [3.8, 4) is 17.6 Å². The third kappa shape index (κ3) is 2.08. The number of nitrogen functional groups attached to an aromatic ring is 1. The van der Waals surface area contributed by atoms with Gasteiger partial charge in [-0.15, -0.1) is 0 Å². The zero-order valence-electron chi connectivity index (χ0n) is 10.2. The summed E-state index contributed by atoms with van der Waals surface area (Å²) in [5.41, 5.74) is 7.62. The number of fused-ring (bicyclic) bond motifs is 1. The van der Waals surface area contributed by atoms with Crippen molar-refractivity contribution < 1.29 is 9.15 Å². The predicted molar refractivity (Wildman–Crippen MR) is 72.5 cm³/mol. The van der Waals surface area contributed by atoms with E-state index in [2.05, 4.69) is 4.98 Å². The molecule has 0 amide bonds. The Morgan fingerprint density at radius 1 is 1.25 bits per heavy atom. The number of hydrogen-bond acceptors (Lipinski definition) is 5. The molecule has 3 aromatic rings. The molecule has 1 heterocycles. The van der Waals surface area contributed by atoms with Crippen LogP contribution in [-0.4, -0.2) is 4.98 Å². The van der Waals surface area contributed by atoms with E-state index >= 15 is 0 Å². The molecule has 0 saturated heterocycles. The van der Waals surface area contributed by atoms with Gasteiger partial charge in [0.2, 0.25) is 0 Å². The van der Waals surface area contributed by atoms with E-state index < -0.39 is 5.76 Å². The number of hydrogen-bond donors (Lipinski definition) is 2. The second-order valence-corrected chi connectivity index (χ2v) is 4.14. The summed E-state index contributed by atoms with van der Waals surface area (Å²) in [6, 6.07) is 11.8. The quantitative estimate of drug-likeness (QED) is 0.693. The van der Waals surface area contributed by atoms with Gasteiger partial charge in [-0.05, 0) is 24.3 Å². The first kappa shape index (κ1) is 11.9. The van der Waals surface area contributed by atoms with Gasteiger partial charge in [0.15, 0.2) is 11.3 Å². The van der Waals surface area contributed by atoms with Gasteiger partial charge in [-0.2, -0.15) is 5.26 Å². The van der Waals surface area contributed by atoms with E-state index in [9.17, 15) is 4.79 Å². The van der Waals surface area contributed by atoms with Crippen LogP contribution in [0.3, 0.4) is 0 Å². The van der Waals surface area contributed by atoms with Crippen LogP contribution in [-0.2, 0) is 0 Å². The summed E-state index contributed by atoms with van der Waals surface area (Å²) in [5.74, 6) is 0.398. The van der Waals surface area contributed by atoms with Gasteiger partial charge in [-0.1, -0.05) is 0 Å². The lowest BCUT2D eigenvalue weighted by molar-refractivity contribution is 0.485. The van der Waals surface area contributed by atoms with E-state index in [0.29, 0.717) is 33.8 Å². The summed E-state index contributed by atoms with van der Waals surface area (Å²) in [6.07, 6.45) is 0. The van der Waals surface area contributed by atoms with Crippen molar-refractivity contribution in [2.24, 2.45) is 0 Å². The fourth-order valence-electron chi connectivity index (χ4n) is 1.81. The van der Waals surface area contributed by atoms with Crippen molar-refractivity contribution in [3.63, 3.8) is 0 Å². The number of nitrogens with one attached hydrogen (secondary N) is 1. The van der Waals surface area contributed by atoms with Crippen LogP contribution in [0.5, 0.6) is 11.5 Å². The standard InChI is InChI=1S/C14H9N3O3/c15-7-8-1-3-9(4-2-8)19-12-6-11-13(5-10(12)16)20-14(18)17-11/h1-6H,16H2,(H,17,18). The van der Waals surface area contributed by atoms with Crippen molar-refractivity contribution in [1.82, 2.24) is 4.98 Å². The van der Waals surface area contributed by atoms with E-state index in [1.165, 1.54) is 6.07 Å². The molecule has 0 atom stereocenters. The first-order valence-corrected chi connectivity index (χ1v) is 5.76. The molecular formula is C14H9N3O3. The minimum atomic E-state index is -0.546. The van der Waals surface area contributed by atoms with Crippen molar-refractivity contribution in [3.05, 3.63) is 52.5 Å². The molecule has 0 spiro atoms. The third-order valence-electron chi connectivity index (χ3n) is 2.76. The molecule has 0 unspecified atom stereocenters. The molecule has 0 bridgehead atoms. The second-order valence-electron chi connectivity index (χ2n) is 4.14. The van der Waals surface area contributed by atoms with Gasteiger partial charge in [0.05, 0.1) is 22.8 Å². The number of nitrogens with zero attached hydrogens (tertiary/aromatic N) is 1. The molecule has 3 rings (SSSR count). The molecule has 1 aromatic heterocycles. The Kier molecular flexibility index (Phi) is 2.66. The van der Waals surface area contributed by atoms with Gasteiger partial charge >= 0.3 is 5.76 Å². The van der Waals surface area contributed by atoms with Gasteiger partial charge in [-0.3, -0.25) is 4.98 Å². The maximum atomic E-state index is 11.1. The third-order valence-corrected chi connectivity index (χ3v) is 2.76.